The Morgan fingerprint density at radius 3 is 2.74 bits per heavy atom. The highest BCUT2D eigenvalue weighted by molar-refractivity contribution is 9.10. The van der Waals surface area contributed by atoms with Gasteiger partial charge in [0.1, 0.15) is 5.75 Å². The van der Waals surface area contributed by atoms with Gasteiger partial charge in [-0.15, -0.1) is 0 Å². The highest BCUT2D eigenvalue weighted by atomic mass is 79.9. The molecule has 0 bridgehead atoms. The van der Waals surface area contributed by atoms with E-state index in [9.17, 15) is 4.79 Å². The van der Waals surface area contributed by atoms with Gasteiger partial charge >= 0.3 is 0 Å². The summed E-state index contributed by atoms with van der Waals surface area (Å²) < 4.78 is 9.71. The molecule has 0 aliphatic rings. The first-order valence-corrected chi connectivity index (χ1v) is 10.7. The van der Waals surface area contributed by atoms with Gasteiger partial charge < -0.3 is 10.1 Å². The Labute approximate surface area is 196 Å². The molecule has 31 heavy (non-hydrogen) atoms. The molecule has 2 heterocycles. The van der Waals surface area contributed by atoms with E-state index in [1.54, 1.807) is 47.5 Å². The van der Waals surface area contributed by atoms with Crippen LogP contribution >= 0.6 is 39.1 Å². The van der Waals surface area contributed by atoms with Crippen LogP contribution in [0.3, 0.4) is 0 Å². The Kier molecular flexibility index (Phi) is 6.60. The largest absolute Gasteiger partial charge is 0.470 e. The van der Waals surface area contributed by atoms with E-state index in [-0.39, 0.29) is 18.3 Å². The minimum Gasteiger partial charge on any atom is -0.470 e. The Bertz CT molecular complexity index is 1220. The molecule has 1 N–H and O–H groups in total. The zero-order valence-electron chi connectivity index (χ0n) is 16.0. The third-order valence-corrected chi connectivity index (χ3v) is 5.30. The van der Waals surface area contributed by atoms with Crippen LogP contribution in [-0.2, 0) is 13.3 Å². The van der Waals surface area contributed by atoms with Crippen molar-refractivity contribution in [2.75, 3.05) is 5.32 Å². The number of nitrogens with zero attached hydrogens (tertiary/aromatic N) is 4. The van der Waals surface area contributed by atoms with Crippen molar-refractivity contribution >= 4 is 50.7 Å². The predicted molar refractivity (Wildman–Crippen MR) is 123 cm³/mol. The first-order chi connectivity index (χ1) is 15.0. The number of carbonyl (C=O) groups excluding carboxylic acids is 1. The zero-order valence-corrected chi connectivity index (χ0v) is 19.1. The maximum absolute atomic E-state index is 12.6. The Balaban J connectivity index is 1.37. The average Bonchev–Trinajstić information content (AvgIpc) is 3.37. The van der Waals surface area contributed by atoms with Crippen molar-refractivity contribution in [3.63, 3.8) is 0 Å². The molecule has 0 spiro atoms. The first kappa shape index (κ1) is 21.4. The Morgan fingerprint density at radius 1 is 1.10 bits per heavy atom. The van der Waals surface area contributed by atoms with Crippen LogP contribution in [0.1, 0.15) is 16.1 Å². The standard InChI is InChI=1S/C21H16BrCl2N5O2/c22-18-9-15(23)4-5-20(18)31-13-28-7-6-19(27-28)21(30)26-17-3-1-2-14(8-17)11-29-12-16(24)10-25-29/h1-10,12H,11,13H2,(H,26,30). The van der Waals surface area contributed by atoms with Crippen molar-refractivity contribution in [2.24, 2.45) is 0 Å². The molecule has 7 nitrogen and oxygen atoms in total. The van der Waals surface area contributed by atoms with Crippen LogP contribution in [0.15, 0.2) is 71.6 Å². The van der Waals surface area contributed by atoms with Gasteiger partial charge in [-0.2, -0.15) is 10.2 Å². The van der Waals surface area contributed by atoms with Crippen molar-refractivity contribution in [1.29, 1.82) is 0 Å². The Hall–Kier alpha value is -2.81. The lowest BCUT2D eigenvalue weighted by Gasteiger charge is -2.08. The molecule has 4 rings (SSSR count). The molecule has 0 radical (unpaired) electrons. The van der Waals surface area contributed by atoms with Crippen molar-refractivity contribution in [1.82, 2.24) is 19.6 Å². The Morgan fingerprint density at radius 2 is 1.97 bits per heavy atom. The second-order valence-electron chi connectivity index (χ2n) is 6.60. The summed E-state index contributed by atoms with van der Waals surface area (Å²) in [4.78, 5) is 12.6. The van der Waals surface area contributed by atoms with E-state index in [2.05, 4.69) is 31.4 Å². The average molecular weight is 521 g/mol. The second kappa shape index (κ2) is 9.55. The van der Waals surface area contributed by atoms with Crippen LogP contribution in [0.2, 0.25) is 10.0 Å². The fourth-order valence-corrected chi connectivity index (χ4v) is 3.79. The van der Waals surface area contributed by atoms with Crippen LogP contribution in [0.25, 0.3) is 0 Å². The summed E-state index contributed by atoms with van der Waals surface area (Å²) in [6, 6.07) is 14.4. The van der Waals surface area contributed by atoms with E-state index >= 15 is 0 Å². The number of rotatable bonds is 7. The van der Waals surface area contributed by atoms with Gasteiger partial charge in [0, 0.05) is 23.1 Å². The molecule has 1 amide bonds. The van der Waals surface area contributed by atoms with Gasteiger partial charge in [-0.05, 0) is 57.9 Å². The number of amides is 1. The fraction of sp³-hybridized carbons (Fsp3) is 0.0952. The van der Waals surface area contributed by atoms with Crippen molar-refractivity contribution in [3.8, 4) is 5.75 Å². The summed E-state index contributed by atoms with van der Waals surface area (Å²) in [5.74, 6) is 0.312. The number of carbonyl (C=O) groups is 1. The van der Waals surface area contributed by atoms with Crippen molar-refractivity contribution < 1.29 is 9.53 Å². The summed E-state index contributed by atoms with van der Waals surface area (Å²) >= 11 is 15.2. The number of anilines is 1. The molecule has 2 aromatic carbocycles. The second-order valence-corrected chi connectivity index (χ2v) is 8.33. The minimum absolute atomic E-state index is 0.148. The number of aromatic nitrogens is 4. The van der Waals surface area contributed by atoms with Crippen LogP contribution in [0.4, 0.5) is 5.69 Å². The van der Waals surface area contributed by atoms with Crippen LogP contribution < -0.4 is 10.1 Å². The normalized spacial score (nSPS) is 10.8. The van der Waals surface area contributed by atoms with Crippen molar-refractivity contribution in [2.45, 2.75) is 13.3 Å². The molecule has 0 unspecified atom stereocenters. The molecule has 158 valence electrons. The summed E-state index contributed by atoms with van der Waals surface area (Å²) in [6.07, 6.45) is 5.00. The minimum atomic E-state index is -0.314. The molecule has 0 saturated heterocycles. The van der Waals surface area contributed by atoms with Gasteiger partial charge in [0.05, 0.1) is 22.2 Å². The number of ether oxygens (including phenoxy) is 1. The maximum atomic E-state index is 12.6. The molecular formula is C21H16BrCl2N5O2. The SMILES string of the molecule is O=C(Nc1cccc(Cn2cc(Cl)cn2)c1)c1ccn(COc2ccc(Cl)cc2Br)n1. The lowest BCUT2D eigenvalue weighted by molar-refractivity contribution is 0.102. The molecule has 0 aliphatic heterocycles. The van der Waals surface area contributed by atoms with Gasteiger partial charge in [-0.25, -0.2) is 4.68 Å². The molecule has 2 aromatic heterocycles. The summed E-state index contributed by atoms with van der Waals surface area (Å²) in [5, 5.41) is 12.5. The molecule has 0 fully saturated rings. The van der Waals surface area contributed by atoms with Gasteiger partial charge in [0.25, 0.3) is 5.91 Å². The third-order valence-electron chi connectivity index (χ3n) is 4.25. The quantitative estimate of drug-likeness (QED) is 0.350. The summed E-state index contributed by atoms with van der Waals surface area (Å²) in [5.41, 5.74) is 1.92. The lowest BCUT2D eigenvalue weighted by atomic mass is 10.2. The third kappa shape index (κ3) is 5.66. The maximum Gasteiger partial charge on any atom is 0.276 e. The van der Waals surface area contributed by atoms with E-state index in [1.165, 1.54) is 4.68 Å². The monoisotopic (exact) mass is 519 g/mol. The van der Waals surface area contributed by atoms with Crippen LogP contribution in [0.5, 0.6) is 5.75 Å². The smallest absolute Gasteiger partial charge is 0.276 e. The summed E-state index contributed by atoms with van der Waals surface area (Å²) in [6.45, 7) is 0.693. The van der Waals surface area contributed by atoms with Gasteiger partial charge in [-0.3, -0.25) is 9.48 Å². The van der Waals surface area contributed by atoms with E-state index < -0.39 is 0 Å². The highest BCUT2D eigenvalue weighted by Gasteiger charge is 2.11. The van der Waals surface area contributed by atoms with E-state index in [0.717, 1.165) is 10.0 Å². The number of nitrogens with one attached hydrogen (secondary N) is 1. The van der Waals surface area contributed by atoms with E-state index in [4.69, 9.17) is 27.9 Å². The highest BCUT2D eigenvalue weighted by Crippen LogP contribution is 2.28. The molecule has 0 atom stereocenters. The number of hydrogen-bond donors (Lipinski definition) is 1. The molecule has 0 saturated carbocycles. The topological polar surface area (TPSA) is 74.0 Å². The number of benzene rings is 2. The van der Waals surface area contributed by atoms with E-state index in [1.807, 2.05) is 24.3 Å². The van der Waals surface area contributed by atoms with Gasteiger partial charge in [-0.1, -0.05) is 35.3 Å². The van der Waals surface area contributed by atoms with Gasteiger partial charge in [0.2, 0.25) is 0 Å². The van der Waals surface area contributed by atoms with Crippen LogP contribution in [0, 0.1) is 0 Å². The molecule has 4 aromatic rings. The molecule has 10 heteroatoms. The van der Waals surface area contributed by atoms with Crippen molar-refractivity contribution in [3.05, 3.63) is 92.9 Å². The van der Waals surface area contributed by atoms with E-state index in [0.29, 0.717) is 28.0 Å². The van der Waals surface area contributed by atoms with Gasteiger partial charge in [0.15, 0.2) is 12.4 Å². The lowest BCUT2D eigenvalue weighted by Crippen LogP contribution is -2.14. The number of hydrogen-bond acceptors (Lipinski definition) is 4. The van der Waals surface area contributed by atoms with Crippen LogP contribution in [-0.4, -0.2) is 25.5 Å². The predicted octanol–water partition coefficient (Wildman–Crippen LogP) is 5.49. The first-order valence-electron chi connectivity index (χ1n) is 9.16. The summed E-state index contributed by atoms with van der Waals surface area (Å²) in [7, 11) is 0. The fourth-order valence-electron chi connectivity index (χ4n) is 2.84. The number of halogens is 3. The zero-order chi connectivity index (χ0) is 21.8. The molecular weight excluding hydrogens is 505 g/mol. The molecule has 0 aliphatic carbocycles.